The lowest BCUT2D eigenvalue weighted by Crippen LogP contribution is -1.88. The van der Waals surface area contributed by atoms with Crippen LogP contribution in [0.2, 0.25) is 0 Å². The van der Waals surface area contributed by atoms with Crippen LogP contribution < -0.4 is 0 Å². The fourth-order valence-electron chi connectivity index (χ4n) is 1.62. The number of isothiocyanates is 1. The zero-order valence-corrected chi connectivity index (χ0v) is 9.29. The van der Waals surface area contributed by atoms with E-state index in [0.29, 0.717) is 0 Å². The van der Waals surface area contributed by atoms with E-state index < -0.39 is 0 Å². The molecule has 0 unspecified atom stereocenters. The molecule has 0 aromatic heterocycles. The van der Waals surface area contributed by atoms with E-state index in [2.05, 4.69) is 52.7 Å². The Kier molecular flexibility index (Phi) is 2.91. The Hall–Kier alpha value is -1.50. The molecule has 2 aromatic rings. The number of hydrogen-bond acceptors (Lipinski definition) is 2. The van der Waals surface area contributed by atoms with E-state index in [4.69, 9.17) is 0 Å². The van der Waals surface area contributed by atoms with Crippen molar-refractivity contribution in [3.63, 3.8) is 0 Å². The zero-order chi connectivity index (χ0) is 10.7. The van der Waals surface area contributed by atoms with Crippen molar-refractivity contribution in [2.45, 2.75) is 13.0 Å². The summed E-state index contributed by atoms with van der Waals surface area (Å²) < 4.78 is 0. The molecule has 2 heteroatoms. The molecule has 0 saturated heterocycles. The van der Waals surface area contributed by atoms with Crippen LogP contribution in [0.15, 0.2) is 47.5 Å². The third kappa shape index (κ3) is 2.12. The first-order valence-corrected chi connectivity index (χ1v) is 5.28. The maximum atomic E-state index is 4.61. The van der Waals surface area contributed by atoms with Gasteiger partial charge in [-0.15, -0.1) is 0 Å². The second-order valence-corrected chi connectivity index (χ2v) is 3.69. The van der Waals surface area contributed by atoms with E-state index >= 15 is 0 Å². The second kappa shape index (κ2) is 4.35. The molecule has 0 aliphatic rings. The van der Waals surface area contributed by atoms with Crippen LogP contribution in [-0.4, -0.2) is 5.16 Å². The van der Waals surface area contributed by atoms with Gasteiger partial charge in [-0.25, -0.2) is 4.99 Å². The summed E-state index contributed by atoms with van der Waals surface area (Å²) in [6.45, 7) is 2.02. The lowest BCUT2D eigenvalue weighted by molar-refractivity contribution is 0.830. The highest BCUT2D eigenvalue weighted by Crippen LogP contribution is 2.21. The highest BCUT2D eigenvalue weighted by molar-refractivity contribution is 7.78. The average molecular weight is 213 g/mol. The van der Waals surface area contributed by atoms with Crippen molar-refractivity contribution in [2.75, 3.05) is 0 Å². The summed E-state index contributed by atoms with van der Waals surface area (Å²) >= 11 is 4.61. The zero-order valence-electron chi connectivity index (χ0n) is 8.47. The summed E-state index contributed by atoms with van der Waals surface area (Å²) in [5, 5.41) is 4.91. The van der Waals surface area contributed by atoms with Gasteiger partial charge in [-0.2, -0.15) is 0 Å². The van der Waals surface area contributed by atoms with Gasteiger partial charge in [0.05, 0.1) is 11.2 Å². The Morgan fingerprint density at radius 1 is 1.13 bits per heavy atom. The van der Waals surface area contributed by atoms with Gasteiger partial charge in [0.2, 0.25) is 0 Å². The van der Waals surface area contributed by atoms with Crippen LogP contribution in [0.4, 0.5) is 0 Å². The monoisotopic (exact) mass is 213 g/mol. The van der Waals surface area contributed by atoms with Gasteiger partial charge in [-0.05, 0) is 41.5 Å². The summed E-state index contributed by atoms with van der Waals surface area (Å²) in [5.41, 5.74) is 1.17. The molecule has 1 nitrogen and oxygen atoms in total. The van der Waals surface area contributed by atoms with Gasteiger partial charge in [0.15, 0.2) is 0 Å². The quantitative estimate of drug-likeness (QED) is 0.542. The standard InChI is InChI=1S/C13H11NS/c1-10(14-9-15)12-7-6-11-4-2-3-5-13(11)8-12/h2-8,10H,1H3/t10-/m1/s1. The summed E-state index contributed by atoms with van der Waals surface area (Å²) in [4.78, 5) is 4.07. The number of aliphatic imine (C=N–C) groups is 1. The van der Waals surface area contributed by atoms with E-state index in [1.165, 1.54) is 16.3 Å². The predicted molar refractivity (Wildman–Crippen MR) is 67.4 cm³/mol. The highest BCUT2D eigenvalue weighted by atomic mass is 32.1. The molecular formula is C13H11NS. The Bertz CT molecular complexity index is 527. The predicted octanol–water partition coefficient (Wildman–Crippen LogP) is 4.00. The van der Waals surface area contributed by atoms with Gasteiger partial charge in [-0.3, -0.25) is 0 Å². The molecule has 0 saturated carbocycles. The van der Waals surface area contributed by atoms with Crippen molar-refractivity contribution in [1.29, 1.82) is 0 Å². The number of nitrogens with zero attached hydrogens (tertiary/aromatic N) is 1. The molecule has 1 atom stereocenters. The van der Waals surface area contributed by atoms with Crippen LogP contribution in [-0.2, 0) is 0 Å². The molecule has 2 rings (SSSR count). The van der Waals surface area contributed by atoms with E-state index in [9.17, 15) is 0 Å². The van der Waals surface area contributed by atoms with Crippen LogP contribution in [0.3, 0.4) is 0 Å². The fraction of sp³-hybridized carbons (Fsp3) is 0.154. The van der Waals surface area contributed by atoms with Gasteiger partial charge in [0, 0.05) is 0 Å². The first-order chi connectivity index (χ1) is 7.31. The minimum Gasteiger partial charge on any atom is -0.225 e. The average Bonchev–Trinajstić information content (AvgIpc) is 2.29. The van der Waals surface area contributed by atoms with Crippen molar-refractivity contribution in [3.8, 4) is 0 Å². The van der Waals surface area contributed by atoms with Gasteiger partial charge < -0.3 is 0 Å². The van der Waals surface area contributed by atoms with Crippen LogP contribution >= 0.6 is 12.2 Å². The molecule has 15 heavy (non-hydrogen) atoms. The fourth-order valence-corrected chi connectivity index (χ4v) is 1.78. The number of fused-ring (bicyclic) bond motifs is 1. The van der Waals surface area contributed by atoms with Crippen LogP contribution in [0.5, 0.6) is 0 Å². The third-order valence-corrected chi connectivity index (χ3v) is 2.61. The van der Waals surface area contributed by atoms with Crippen LogP contribution in [0, 0.1) is 0 Å². The lowest BCUT2D eigenvalue weighted by Gasteiger charge is -2.06. The topological polar surface area (TPSA) is 12.4 Å². The smallest absolute Gasteiger partial charge is 0.0824 e. The molecule has 74 valence electrons. The van der Waals surface area contributed by atoms with Crippen LogP contribution in [0.1, 0.15) is 18.5 Å². The maximum Gasteiger partial charge on any atom is 0.0824 e. The molecule has 0 fully saturated rings. The molecule has 0 aliphatic heterocycles. The summed E-state index contributed by atoms with van der Waals surface area (Å²) in [6, 6.07) is 14.7. The largest absolute Gasteiger partial charge is 0.225 e. The molecule has 0 bridgehead atoms. The van der Waals surface area contributed by atoms with Gasteiger partial charge in [0.1, 0.15) is 0 Å². The molecule has 0 aliphatic carbocycles. The summed E-state index contributed by atoms with van der Waals surface area (Å²) in [5.74, 6) is 0. The molecule has 0 N–H and O–H groups in total. The molecule has 0 radical (unpaired) electrons. The normalized spacial score (nSPS) is 12.1. The number of thiocarbonyl (C=S) groups is 1. The number of rotatable bonds is 2. The Morgan fingerprint density at radius 3 is 2.60 bits per heavy atom. The third-order valence-electron chi connectivity index (χ3n) is 2.50. The van der Waals surface area contributed by atoms with Crippen molar-refractivity contribution < 1.29 is 0 Å². The number of benzene rings is 2. The van der Waals surface area contributed by atoms with E-state index in [0.717, 1.165) is 0 Å². The van der Waals surface area contributed by atoms with E-state index in [-0.39, 0.29) is 6.04 Å². The highest BCUT2D eigenvalue weighted by Gasteiger charge is 2.02. The molecule has 0 heterocycles. The second-order valence-electron chi connectivity index (χ2n) is 3.50. The minimum absolute atomic E-state index is 0.0899. The minimum atomic E-state index is 0.0899. The number of hydrogen-bond donors (Lipinski definition) is 0. The van der Waals surface area contributed by atoms with Gasteiger partial charge >= 0.3 is 0 Å². The van der Waals surface area contributed by atoms with Crippen molar-refractivity contribution >= 4 is 28.2 Å². The Balaban J connectivity index is 2.51. The first-order valence-electron chi connectivity index (χ1n) is 4.87. The maximum absolute atomic E-state index is 4.61. The SMILES string of the molecule is C[C@@H](N=C=S)c1ccc2ccccc2c1. The first kappa shape index (κ1) is 10.0. The lowest BCUT2D eigenvalue weighted by atomic mass is 10.0. The van der Waals surface area contributed by atoms with Crippen molar-refractivity contribution in [1.82, 2.24) is 0 Å². The molecule has 2 aromatic carbocycles. The Labute approximate surface area is 94.5 Å². The Morgan fingerprint density at radius 2 is 1.87 bits per heavy atom. The van der Waals surface area contributed by atoms with Crippen molar-refractivity contribution in [2.24, 2.45) is 4.99 Å². The molecule has 0 amide bonds. The summed E-state index contributed by atoms with van der Waals surface area (Å²) in [6.07, 6.45) is 0. The van der Waals surface area contributed by atoms with Gasteiger partial charge in [0.25, 0.3) is 0 Å². The van der Waals surface area contributed by atoms with E-state index in [1.807, 2.05) is 19.1 Å². The van der Waals surface area contributed by atoms with Gasteiger partial charge in [-0.1, -0.05) is 36.4 Å². The molecule has 0 spiro atoms. The molecular weight excluding hydrogens is 202 g/mol. The van der Waals surface area contributed by atoms with Crippen molar-refractivity contribution in [3.05, 3.63) is 48.0 Å². The summed E-state index contributed by atoms with van der Waals surface area (Å²) in [7, 11) is 0. The van der Waals surface area contributed by atoms with E-state index in [1.54, 1.807) is 0 Å². The van der Waals surface area contributed by atoms with Crippen LogP contribution in [0.25, 0.3) is 10.8 Å².